The molecule has 25 heavy (non-hydrogen) atoms. The minimum atomic E-state index is -0.106. The molecular weight excluding hydrogens is 320 g/mol. The minimum absolute atomic E-state index is 0.0325. The summed E-state index contributed by atoms with van der Waals surface area (Å²) in [6.45, 7) is 1.33. The molecule has 1 saturated heterocycles. The van der Waals surface area contributed by atoms with Crippen LogP contribution in [0.4, 0.5) is 0 Å². The van der Waals surface area contributed by atoms with Gasteiger partial charge in [-0.2, -0.15) is 0 Å². The Balaban J connectivity index is 1.78. The highest BCUT2D eigenvalue weighted by Gasteiger charge is 2.25. The summed E-state index contributed by atoms with van der Waals surface area (Å²) in [6, 6.07) is 9.78. The Morgan fingerprint density at radius 3 is 2.48 bits per heavy atom. The van der Waals surface area contributed by atoms with E-state index in [1.165, 1.54) is 4.90 Å². The Hall–Kier alpha value is -2.41. The third-order valence-electron chi connectivity index (χ3n) is 4.24. The normalized spacial score (nSPS) is 16.7. The number of imide groups is 1. The summed E-state index contributed by atoms with van der Waals surface area (Å²) in [4.78, 5) is 29.0. The van der Waals surface area contributed by atoms with Crippen molar-refractivity contribution in [3.8, 4) is 0 Å². The van der Waals surface area contributed by atoms with Gasteiger partial charge in [0, 0.05) is 45.4 Å². The van der Waals surface area contributed by atoms with Gasteiger partial charge in [0.1, 0.15) is 0 Å². The first-order chi connectivity index (χ1) is 12.2. The third kappa shape index (κ3) is 5.56. The van der Waals surface area contributed by atoms with Crippen molar-refractivity contribution in [2.24, 2.45) is 4.99 Å². The molecule has 1 aliphatic heterocycles. The Kier molecular flexibility index (Phi) is 7.40. The van der Waals surface area contributed by atoms with Crippen LogP contribution in [0.1, 0.15) is 30.7 Å². The molecule has 7 nitrogen and oxygen atoms in total. The first-order valence-corrected chi connectivity index (χ1v) is 8.59. The van der Waals surface area contributed by atoms with Gasteiger partial charge in [0.25, 0.3) is 0 Å². The smallest absolute Gasteiger partial charge is 0.229 e. The molecule has 0 saturated carbocycles. The lowest BCUT2D eigenvalue weighted by Gasteiger charge is -2.25. The predicted molar refractivity (Wildman–Crippen MR) is 96.2 cm³/mol. The van der Waals surface area contributed by atoms with E-state index in [1.54, 1.807) is 7.05 Å². The monoisotopic (exact) mass is 346 g/mol. The van der Waals surface area contributed by atoms with Gasteiger partial charge >= 0.3 is 0 Å². The molecular formula is C18H26N4O3. The zero-order valence-electron chi connectivity index (χ0n) is 14.6. The average molecular weight is 346 g/mol. The highest BCUT2D eigenvalue weighted by molar-refractivity contribution is 5.97. The van der Waals surface area contributed by atoms with Gasteiger partial charge in [0.05, 0.1) is 6.61 Å². The number of amides is 2. The molecule has 0 bridgehead atoms. The first kappa shape index (κ1) is 18.9. The number of nitrogens with zero attached hydrogens (tertiary/aromatic N) is 2. The van der Waals surface area contributed by atoms with Crippen LogP contribution in [0.25, 0.3) is 0 Å². The Labute approximate surface area is 148 Å². The van der Waals surface area contributed by atoms with Crippen LogP contribution in [0.3, 0.4) is 0 Å². The molecule has 7 heteroatoms. The van der Waals surface area contributed by atoms with E-state index in [0.29, 0.717) is 44.9 Å². The Bertz CT molecular complexity index is 588. The van der Waals surface area contributed by atoms with Crippen LogP contribution in [0.5, 0.6) is 0 Å². The number of hydrogen-bond donors (Lipinski definition) is 3. The second-order valence-electron chi connectivity index (χ2n) is 5.96. The molecule has 2 rings (SSSR count). The Morgan fingerprint density at radius 1 is 1.20 bits per heavy atom. The molecule has 0 radical (unpaired) electrons. The molecule has 1 aliphatic rings. The maximum Gasteiger partial charge on any atom is 0.229 e. The van der Waals surface area contributed by atoms with Crippen molar-refractivity contribution in [2.75, 3.05) is 33.3 Å². The molecule has 1 unspecified atom stereocenters. The van der Waals surface area contributed by atoms with Crippen LogP contribution in [0.15, 0.2) is 35.3 Å². The molecule has 1 aromatic rings. The number of piperidine rings is 1. The molecule has 0 aromatic heterocycles. The zero-order chi connectivity index (χ0) is 18.1. The van der Waals surface area contributed by atoms with Crippen molar-refractivity contribution in [3.05, 3.63) is 35.9 Å². The molecule has 1 heterocycles. The lowest BCUT2D eigenvalue weighted by atomic mass is 10.0. The van der Waals surface area contributed by atoms with Gasteiger partial charge in [-0.05, 0) is 12.0 Å². The maximum atomic E-state index is 11.8. The SMILES string of the molecule is CN=C(NCCN1C(=O)CCCC1=O)NCC(CO)c1ccccc1. The van der Waals surface area contributed by atoms with Crippen molar-refractivity contribution in [2.45, 2.75) is 25.2 Å². The van der Waals surface area contributed by atoms with Crippen LogP contribution in [-0.2, 0) is 9.59 Å². The maximum absolute atomic E-state index is 11.8. The number of aliphatic imine (C=N–C) groups is 1. The number of hydrogen-bond acceptors (Lipinski definition) is 4. The number of rotatable bonds is 7. The van der Waals surface area contributed by atoms with Crippen molar-refractivity contribution in [1.29, 1.82) is 0 Å². The van der Waals surface area contributed by atoms with Crippen LogP contribution in [-0.4, -0.2) is 61.1 Å². The molecule has 3 N–H and O–H groups in total. The van der Waals surface area contributed by atoms with E-state index in [1.807, 2.05) is 30.3 Å². The van der Waals surface area contributed by atoms with Gasteiger partial charge in [-0.1, -0.05) is 30.3 Å². The molecule has 1 fully saturated rings. The van der Waals surface area contributed by atoms with Gasteiger partial charge in [-0.25, -0.2) is 0 Å². The van der Waals surface area contributed by atoms with E-state index >= 15 is 0 Å². The zero-order valence-corrected chi connectivity index (χ0v) is 14.6. The summed E-state index contributed by atoms with van der Waals surface area (Å²) >= 11 is 0. The van der Waals surface area contributed by atoms with E-state index in [4.69, 9.17) is 0 Å². The fraction of sp³-hybridized carbons (Fsp3) is 0.500. The number of likely N-dealkylation sites (tertiary alicyclic amines) is 1. The molecule has 136 valence electrons. The number of aliphatic hydroxyl groups excluding tert-OH is 1. The van der Waals surface area contributed by atoms with E-state index in [0.717, 1.165) is 5.56 Å². The summed E-state index contributed by atoms with van der Waals surface area (Å²) in [5, 5.41) is 15.9. The predicted octanol–water partition coefficient (Wildman–Crippen LogP) is 0.467. The number of carbonyl (C=O) groups excluding carboxylic acids is 2. The van der Waals surface area contributed by atoms with E-state index < -0.39 is 0 Å². The number of aliphatic hydroxyl groups is 1. The van der Waals surface area contributed by atoms with Gasteiger partial charge in [0.2, 0.25) is 11.8 Å². The van der Waals surface area contributed by atoms with Crippen molar-refractivity contribution < 1.29 is 14.7 Å². The molecule has 0 spiro atoms. The molecule has 1 aromatic carbocycles. The van der Waals surface area contributed by atoms with Crippen molar-refractivity contribution in [3.63, 3.8) is 0 Å². The fourth-order valence-corrected chi connectivity index (χ4v) is 2.79. The van der Waals surface area contributed by atoms with E-state index in [9.17, 15) is 14.7 Å². The van der Waals surface area contributed by atoms with Crippen molar-refractivity contribution in [1.82, 2.24) is 15.5 Å². The number of carbonyl (C=O) groups is 2. The first-order valence-electron chi connectivity index (χ1n) is 8.59. The molecule has 0 aliphatic carbocycles. The lowest BCUT2D eigenvalue weighted by molar-refractivity contribution is -0.147. The van der Waals surface area contributed by atoms with Crippen LogP contribution in [0, 0.1) is 0 Å². The summed E-state index contributed by atoms with van der Waals surface area (Å²) in [5.41, 5.74) is 1.05. The van der Waals surface area contributed by atoms with Gasteiger partial charge in [-0.3, -0.25) is 19.5 Å². The fourth-order valence-electron chi connectivity index (χ4n) is 2.79. The highest BCUT2D eigenvalue weighted by atomic mass is 16.3. The summed E-state index contributed by atoms with van der Waals surface area (Å²) < 4.78 is 0. The highest BCUT2D eigenvalue weighted by Crippen LogP contribution is 2.13. The average Bonchev–Trinajstić information content (AvgIpc) is 2.63. The van der Waals surface area contributed by atoms with Crippen LogP contribution >= 0.6 is 0 Å². The standard InChI is InChI=1S/C18H26N4O3/c1-19-18(20-10-11-22-16(24)8-5-9-17(22)25)21-12-15(13-23)14-6-3-2-4-7-14/h2-4,6-7,15,23H,5,8-13H2,1H3,(H2,19,20,21). The quantitative estimate of drug-likeness (QED) is 0.379. The largest absolute Gasteiger partial charge is 0.396 e. The van der Waals surface area contributed by atoms with Crippen LogP contribution < -0.4 is 10.6 Å². The summed E-state index contributed by atoms with van der Waals surface area (Å²) in [5.74, 6) is 0.326. The molecule has 2 amide bonds. The van der Waals surface area contributed by atoms with Gasteiger partial charge in [0.15, 0.2) is 5.96 Å². The lowest BCUT2D eigenvalue weighted by Crippen LogP contribution is -2.47. The number of benzene rings is 1. The molecule has 1 atom stereocenters. The number of guanidine groups is 1. The van der Waals surface area contributed by atoms with E-state index in [2.05, 4.69) is 15.6 Å². The van der Waals surface area contributed by atoms with Crippen LogP contribution in [0.2, 0.25) is 0 Å². The summed E-state index contributed by atoms with van der Waals surface area (Å²) in [6.07, 6.45) is 1.52. The minimum Gasteiger partial charge on any atom is -0.396 e. The topological polar surface area (TPSA) is 94.0 Å². The van der Waals surface area contributed by atoms with Gasteiger partial charge in [-0.15, -0.1) is 0 Å². The van der Waals surface area contributed by atoms with Gasteiger partial charge < -0.3 is 15.7 Å². The Morgan fingerprint density at radius 2 is 1.88 bits per heavy atom. The third-order valence-corrected chi connectivity index (χ3v) is 4.24. The second kappa shape index (κ2) is 9.78. The van der Waals surface area contributed by atoms with E-state index in [-0.39, 0.29) is 24.3 Å². The second-order valence-corrected chi connectivity index (χ2v) is 5.96. The number of nitrogens with one attached hydrogen (secondary N) is 2. The van der Waals surface area contributed by atoms with Crippen molar-refractivity contribution >= 4 is 17.8 Å². The summed E-state index contributed by atoms with van der Waals surface area (Å²) in [7, 11) is 1.66.